The molecule has 0 aromatic rings. The van der Waals surface area contributed by atoms with Crippen LogP contribution in [0.2, 0.25) is 0 Å². The lowest BCUT2D eigenvalue weighted by atomic mass is 10.0. The van der Waals surface area contributed by atoms with Crippen molar-refractivity contribution in [3.8, 4) is 0 Å². The van der Waals surface area contributed by atoms with E-state index >= 15 is 0 Å². The largest absolute Gasteiger partial charge is 0.330 e. The van der Waals surface area contributed by atoms with Crippen LogP contribution in [0.25, 0.3) is 0 Å². The molecule has 0 heterocycles. The maximum Gasteiger partial charge on any atom is -0.00746 e. The molecule has 1 aliphatic carbocycles. The minimum atomic E-state index is 0.879. The van der Waals surface area contributed by atoms with E-state index in [2.05, 4.69) is 13.8 Å². The summed E-state index contributed by atoms with van der Waals surface area (Å²) >= 11 is 0. The Hall–Kier alpha value is -0.0400. The van der Waals surface area contributed by atoms with Gasteiger partial charge in [0.25, 0.3) is 0 Å². The average Bonchev–Trinajstić information content (AvgIpc) is 2.14. The normalized spacial score (nSPS) is 40.5. The molecule has 0 aliphatic heterocycles. The topological polar surface area (TPSA) is 26.0 Å². The first-order valence-corrected chi connectivity index (χ1v) is 4.44. The van der Waals surface area contributed by atoms with Crippen LogP contribution >= 0.6 is 0 Å². The van der Waals surface area contributed by atoms with Gasteiger partial charge in [0, 0.05) is 0 Å². The molecule has 60 valence electrons. The standard InChI is InChI=1S/C9H19N/c1-7-5-9(3-4-10)6-8(7)2/h7-9H,3-6,10H2,1-2H3. The van der Waals surface area contributed by atoms with Crippen molar-refractivity contribution >= 4 is 0 Å². The van der Waals surface area contributed by atoms with Gasteiger partial charge in [0.1, 0.15) is 0 Å². The fourth-order valence-corrected chi connectivity index (χ4v) is 2.08. The Morgan fingerprint density at radius 2 is 1.70 bits per heavy atom. The summed E-state index contributed by atoms with van der Waals surface area (Å²) in [7, 11) is 0. The van der Waals surface area contributed by atoms with Crippen LogP contribution in [-0.4, -0.2) is 6.54 Å². The van der Waals surface area contributed by atoms with E-state index in [4.69, 9.17) is 5.73 Å². The van der Waals surface area contributed by atoms with E-state index in [1.54, 1.807) is 0 Å². The molecule has 1 aliphatic rings. The summed E-state index contributed by atoms with van der Waals surface area (Å²) in [6.45, 7) is 5.60. The van der Waals surface area contributed by atoms with Crippen LogP contribution in [0.4, 0.5) is 0 Å². The summed E-state index contributed by atoms with van der Waals surface area (Å²) in [5.41, 5.74) is 5.50. The van der Waals surface area contributed by atoms with E-state index in [0.717, 1.165) is 24.3 Å². The fourth-order valence-electron chi connectivity index (χ4n) is 2.08. The third kappa shape index (κ3) is 1.72. The van der Waals surface area contributed by atoms with Gasteiger partial charge in [0.15, 0.2) is 0 Å². The monoisotopic (exact) mass is 141 g/mol. The predicted molar refractivity (Wildman–Crippen MR) is 44.7 cm³/mol. The van der Waals surface area contributed by atoms with Crippen LogP contribution < -0.4 is 5.73 Å². The second kappa shape index (κ2) is 3.38. The first-order valence-electron chi connectivity index (χ1n) is 4.44. The summed E-state index contributed by atoms with van der Waals surface area (Å²) in [5.74, 6) is 2.82. The molecule has 1 rings (SSSR count). The molecule has 2 unspecified atom stereocenters. The lowest BCUT2D eigenvalue weighted by Gasteiger charge is -2.05. The van der Waals surface area contributed by atoms with Gasteiger partial charge in [-0.1, -0.05) is 13.8 Å². The van der Waals surface area contributed by atoms with Crippen molar-refractivity contribution in [3.63, 3.8) is 0 Å². The highest BCUT2D eigenvalue weighted by Crippen LogP contribution is 2.36. The summed E-state index contributed by atoms with van der Waals surface area (Å²) in [5, 5.41) is 0. The molecule has 10 heavy (non-hydrogen) atoms. The summed E-state index contributed by atoms with van der Waals surface area (Å²) < 4.78 is 0. The molecule has 0 aromatic carbocycles. The Morgan fingerprint density at radius 3 is 2.10 bits per heavy atom. The molecule has 0 radical (unpaired) electrons. The minimum Gasteiger partial charge on any atom is -0.330 e. The molecule has 0 saturated heterocycles. The van der Waals surface area contributed by atoms with Gasteiger partial charge < -0.3 is 5.73 Å². The van der Waals surface area contributed by atoms with Crippen LogP contribution in [0.1, 0.15) is 33.1 Å². The maximum atomic E-state index is 5.50. The fraction of sp³-hybridized carbons (Fsp3) is 1.00. The van der Waals surface area contributed by atoms with Crippen molar-refractivity contribution in [2.45, 2.75) is 33.1 Å². The van der Waals surface area contributed by atoms with Crippen molar-refractivity contribution in [2.24, 2.45) is 23.5 Å². The van der Waals surface area contributed by atoms with Crippen LogP contribution in [-0.2, 0) is 0 Å². The lowest BCUT2D eigenvalue weighted by molar-refractivity contribution is 0.457. The Kier molecular flexibility index (Phi) is 2.72. The molecule has 2 atom stereocenters. The van der Waals surface area contributed by atoms with Gasteiger partial charge in [-0.15, -0.1) is 0 Å². The van der Waals surface area contributed by atoms with Gasteiger partial charge in [-0.25, -0.2) is 0 Å². The van der Waals surface area contributed by atoms with Crippen LogP contribution in [0.3, 0.4) is 0 Å². The average molecular weight is 141 g/mol. The number of hydrogen-bond acceptors (Lipinski definition) is 1. The summed E-state index contributed by atoms with van der Waals surface area (Å²) in [6.07, 6.45) is 4.07. The van der Waals surface area contributed by atoms with Crippen molar-refractivity contribution < 1.29 is 0 Å². The highest BCUT2D eigenvalue weighted by molar-refractivity contribution is 4.78. The quantitative estimate of drug-likeness (QED) is 0.625. The van der Waals surface area contributed by atoms with E-state index < -0.39 is 0 Å². The minimum absolute atomic E-state index is 0.879. The number of rotatable bonds is 2. The van der Waals surface area contributed by atoms with Gasteiger partial charge in [0.05, 0.1) is 0 Å². The van der Waals surface area contributed by atoms with E-state index in [-0.39, 0.29) is 0 Å². The summed E-state index contributed by atoms with van der Waals surface area (Å²) in [4.78, 5) is 0. The van der Waals surface area contributed by atoms with Crippen molar-refractivity contribution in [3.05, 3.63) is 0 Å². The molecule has 1 heteroatoms. The zero-order valence-corrected chi connectivity index (χ0v) is 7.14. The molecular weight excluding hydrogens is 122 g/mol. The van der Waals surface area contributed by atoms with Gasteiger partial charge in [-0.2, -0.15) is 0 Å². The molecular formula is C9H19N. The van der Waals surface area contributed by atoms with Crippen molar-refractivity contribution in [1.29, 1.82) is 0 Å². The molecule has 0 spiro atoms. The SMILES string of the molecule is CC1CC(CCN)CC1C. The second-order valence-electron chi connectivity index (χ2n) is 3.87. The third-order valence-electron chi connectivity index (χ3n) is 2.96. The molecule has 1 saturated carbocycles. The van der Waals surface area contributed by atoms with E-state index in [9.17, 15) is 0 Å². The zero-order valence-electron chi connectivity index (χ0n) is 7.14. The van der Waals surface area contributed by atoms with Crippen molar-refractivity contribution in [2.75, 3.05) is 6.54 Å². The molecule has 1 fully saturated rings. The van der Waals surface area contributed by atoms with E-state index in [1.807, 2.05) is 0 Å². The predicted octanol–water partition coefficient (Wildman–Crippen LogP) is 2.02. The first kappa shape index (κ1) is 8.06. The molecule has 1 nitrogen and oxygen atoms in total. The second-order valence-corrected chi connectivity index (χ2v) is 3.87. The third-order valence-corrected chi connectivity index (χ3v) is 2.96. The highest BCUT2D eigenvalue weighted by atomic mass is 14.5. The lowest BCUT2D eigenvalue weighted by Crippen LogP contribution is -2.05. The van der Waals surface area contributed by atoms with Gasteiger partial charge >= 0.3 is 0 Å². The highest BCUT2D eigenvalue weighted by Gasteiger charge is 2.26. The Balaban J connectivity index is 2.27. The molecule has 0 aromatic heterocycles. The van der Waals surface area contributed by atoms with Gasteiger partial charge in [-0.3, -0.25) is 0 Å². The maximum absolute atomic E-state index is 5.50. The smallest absolute Gasteiger partial charge is 0.00746 e. The Labute approximate surface area is 64.0 Å². The van der Waals surface area contributed by atoms with E-state index in [1.165, 1.54) is 19.3 Å². The number of hydrogen-bond donors (Lipinski definition) is 1. The van der Waals surface area contributed by atoms with Crippen LogP contribution in [0, 0.1) is 17.8 Å². The summed E-state index contributed by atoms with van der Waals surface area (Å²) in [6, 6.07) is 0. The molecule has 2 N–H and O–H groups in total. The Morgan fingerprint density at radius 1 is 1.20 bits per heavy atom. The molecule has 0 bridgehead atoms. The van der Waals surface area contributed by atoms with Gasteiger partial charge in [0.2, 0.25) is 0 Å². The van der Waals surface area contributed by atoms with E-state index in [0.29, 0.717) is 0 Å². The first-order chi connectivity index (χ1) is 4.74. The van der Waals surface area contributed by atoms with Crippen LogP contribution in [0.5, 0.6) is 0 Å². The zero-order chi connectivity index (χ0) is 7.56. The van der Waals surface area contributed by atoms with Crippen molar-refractivity contribution in [1.82, 2.24) is 0 Å². The molecule has 0 amide bonds. The number of nitrogens with two attached hydrogens (primary N) is 1. The van der Waals surface area contributed by atoms with Gasteiger partial charge in [-0.05, 0) is 43.6 Å². The Bertz CT molecular complexity index is 90.9. The van der Waals surface area contributed by atoms with Crippen LogP contribution in [0.15, 0.2) is 0 Å².